The molecule has 1 aliphatic rings. The average molecular weight is 317 g/mol. The molecule has 1 aliphatic heterocycles. The monoisotopic (exact) mass is 317 g/mol. The van der Waals surface area contributed by atoms with Gasteiger partial charge >= 0.3 is 0 Å². The Morgan fingerprint density at radius 2 is 1.67 bits per heavy atom. The molecule has 0 bridgehead atoms. The number of nitrogens with zero attached hydrogens (tertiary/aromatic N) is 5. The molecule has 0 saturated heterocycles. The molecule has 4 rings (SSSR count). The van der Waals surface area contributed by atoms with Crippen LogP contribution in [0.25, 0.3) is 11.0 Å². The van der Waals surface area contributed by atoms with E-state index in [1.54, 1.807) is 12.4 Å². The van der Waals surface area contributed by atoms with Crippen LogP contribution in [0.3, 0.4) is 0 Å². The molecule has 0 amide bonds. The highest BCUT2D eigenvalue weighted by Crippen LogP contribution is 2.43. The molecule has 0 N–H and O–H groups in total. The number of benzene rings is 1. The first kappa shape index (κ1) is 14.9. The van der Waals surface area contributed by atoms with Crippen LogP contribution in [0, 0.1) is 0 Å². The van der Waals surface area contributed by atoms with Gasteiger partial charge in [-0.25, -0.2) is 4.98 Å². The summed E-state index contributed by atoms with van der Waals surface area (Å²) in [4.78, 5) is 13.7. The summed E-state index contributed by atoms with van der Waals surface area (Å²) in [6, 6.07) is 10.2. The number of pyridine rings is 1. The Bertz CT molecular complexity index is 972. The van der Waals surface area contributed by atoms with Crippen molar-refractivity contribution in [1.29, 1.82) is 0 Å². The van der Waals surface area contributed by atoms with Gasteiger partial charge in [0, 0.05) is 17.2 Å². The summed E-state index contributed by atoms with van der Waals surface area (Å²) < 4.78 is 0. The minimum Gasteiger partial charge on any atom is -0.274 e. The van der Waals surface area contributed by atoms with Crippen molar-refractivity contribution in [3.63, 3.8) is 0 Å². The van der Waals surface area contributed by atoms with E-state index in [-0.39, 0.29) is 11.0 Å². The molecule has 3 aromatic rings. The number of hydrogen-bond donors (Lipinski definition) is 0. The standard InChI is InChI=1S/C19H19N5/c1-18(2)13-8-6-5-7-12(13)16(22-19(18,3)4)17-21-14-9-10-20-11-15(14)23-24-17/h5-11H,1-4H3. The minimum absolute atomic E-state index is 0.0821. The largest absolute Gasteiger partial charge is 0.274 e. The molecule has 0 fully saturated rings. The van der Waals surface area contributed by atoms with Crippen molar-refractivity contribution < 1.29 is 0 Å². The Morgan fingerprint density at radius 1 is 0.875 bits per heavy atom. The van der Waals surface area contributed by atoms with E-state index < -0.39 is 0 Å². The third-order valence-corrected chi connectivity index (χ3v) is 5.24. The average Bonchev–Trinajstić information content (AvgIpc) is 2.58. The van der Waals surface area contributed by atoms with Crippen molar-refractivity contribution in [2.75, 3.05) is 0 Å². The van der Waals surface area contributed by atoms with Gasteiger partial charge in [-0.05, 0) is 25.5 Å². The lowest BCUT2D eigenvalue weighted by Gasteiger charge is -2.44. The highest BCUT2D eigenvalue weighted by molar-refractivity contribution is 6.13. The second-order valence-corrected chi connectivity index (χ2v) is 7.19. The summed E-state index contributed by atoms with van der Waals surface area (Å²) in [5.74, 6) is 0.560. The molecular weight excluding hydrogens is 298 g/mol. The van der Waals surface area contributed by atoms with Crippen LogP contribution in [-0.2, 0) is 5.41 Å². The van der Waals surface area contributed by atoms with Gasteiger partial charge in [0.2, 0.25) is 5.82 Å². The smallest absolute Gasteiger partial charge is 0.201 e. The summed E-state index contributed by atoms with van der Waals surface area (Å²) >= 11 is 0. The summed E-state index contributed by atoms with van der Waals surface area (Å²) in [6.45, 7) is 8.78. The quantitative estimate of drug-likeness (QED) is 0.690. The fourth-order valence-corrected chi connectivity index (χ4v) is 3.10. The van der Waals surface area contributed by atoms with E-state index in [0.29, 0.717) is 11.3 Å². The molecule has 24 heavy (non-hydrogen) atoms. The van der Waals surface area contributed by atoms with Crippen LogP contribution in [-0.4, -0.2) is 31.4 Å². The van der Waals surface area contributed by atoms with E-state index in [4.69, 9.17) is 4.99 Å². The zero-order valence-corrected chi connectivity index (χ0v) is 14.3. The number of aliphatic imine (C=N–C) groups is 1. The Labute approximate surface area is 140 Å². The Balaban J connectivity index is 1.98. The molecule has 5 heteroatoms. The van der Waals surface area contributed by atoms with Crippen molar-refractivity contribution in [2.45, 2.75) is 38.6 Å². The summed E-state index contributed by atoms with van der Waals surface area (Å²) in [5, 5.41) is 8.57. The molecule has 0 spiro atoms. The maximum absolute atomic E-state index is 5.02. The lowest BCUT2D eigenvalue weighted by atomic mass is 9.66. The predicted octanol–water partition coefficient (Wildman–Crippen LogP) is 3.33. The second-order valence-electron chi connectivity index (χ2n) is 7.19. The van der Waals surface area contributed by atoms with Crippen molar-refractivity contribution in [3.05, 3.63) is 59.7 Å². The molecular formula is C19H19N5. The lowest BCUT2D eigenvalue weighted by Crippen LogP contribution is -2.46. The van der Waals surface area contributed by atoms with Crippen molar-refractivity contribution in [1.82, 2.24) is 20.2 Å². The Morgan fingerprint density at radius 3 is 2.50 bits per heavy atom. The summed E-state index contributed by atoms with van der Waals surface area (Å²) in [7, 11) is 0. The van der Waals surface area contributed by atoms with Gasteiger partial charge < -0.3 is 0 Å². The van der Waals surface area contributed by atoms with Gasteiger partial charge in [-0.1, -0.05) is 38.1 Å². The molecule has 0 aliphatic carbocycles. The molecule has 0 saturated carbocycles. The van der Waals surface area contributed by atoms with E-state index in [2.05, 4.69) is 66.1 Å². The number of aromatic nitrogens is 4. The van der Waals surface area contributed by atoms with Crippen LogP contribution in [0.15, 0.2) is 47.7 Å². The van der Waals surface area contributed by atoms with Crippen LogP contribution in [0.5, 0.6) is 0 Å². The normalized spacial score (nSPS) is 18.1. The maximum Gasteiger partial charge on any atom is 0.201 e. The van der Waals surface area contributed by atoms with Crippen LogP contribution >= 0.6 is 0 Å². The number of rotatable bonds is 1. The van der Waals surface area contributed by atoms with E-state index in [9.17, 15) is 0 Å². The first-order valence-electron chi connectivity index (χ1n) is 8.05. The zero-order chi connectivity index (χ0) is 16.9. The minimum atomic E-state index is -0.271. The Kier molecular flexibility index (Phi) is 3.04. The van der Waals surface area contributed by atoms with E-state index in [1.165, 1.54) is 5.56 Å². The SMILES string of the molecule is CC1(C)N=C(c2nnc3cnccc3n2)c2ccccc2C1(C)C. The van der Waals surface area contributed by atoms with Crippen molar-refractivity contribution >= 4 is 16.7 Å². The molecule has 5 nitrogen and oxygen atoms in total. The van der Waals surface area contributed by atoms with Gasteiger partial charge in [-0.15, -0.1) is 10.2 Å². The highest BCUT2D eigenvalue weighted by Gasteiger charge is 2.44. The molecule has 1 aromatic carbocycles. The van der Waals surface area contributed by atoms with E-state index in [1.807, 2.05) is 12.1 Å². The maximum atomic E-state index is 5.02. The first-order chi connectivity index (χ1) is 11.4. The van der Waals surface area contributed by atoms with Gasteiger partial charge in [0.25, 0.3) is 0 Å². The zero-order valence-electron chi connectivity index (χ0n) is 14.3. The summed E-state index contributed by atoms with van der Waals surface area (Å²) in [5.41, 5.74) is 4.26. The highest BCUT2D eigenvalue weighted by atomic mass is 15.2. The van der Waals surface area contributed by atoms with Crippen LogP contribution in [0.1, 0.15) is 44.6 Å². The molecule has 2 aromatic heterocycles. The van der Waals surface area contributed by atoms with Crippen molar-refractivity contribution in [3.8, 4) is 0 Å². The van der Waals surface area contributed by atoms with Gasteiger partial charge in [0.15, 0.2) is 0 Å². The molecule has 0 atom stereocenters. The number of fused-ring (bicyclic) bond motifs is 2. The first-order valence-corrected chi connectivity index (χ1v) is 8.05. The van der Waals surface area contributed by atoms with Gasteiger partial charge in [-0.3, -0.25) is 9.98 Å². The second kappa shape index (κ2) is 4.90. The van der Waals surface area contributed by atoms with E-state index >= 15 is 0 Å². The lowest BCUT2D eigenvalue weighted by molar-refractivity contribution is 0.303. The van der Waals surface area contributed by atoms with Gasteiger partial charge in [0.1, 0.15) is 11.2 Å². The number of hydrogen-bond acceptors (Lipinski definition) is 5. The van der Waals surface area contributed by atoms with Crippen LogP contribution < -0.4 is 0 Å². The predicted molar refractivity (Wildman–Crippen MR) is 94.3 cm³/mol. The van der Waals surface area contributed by atoms with Gasteiger partial charge in [0.05, 0.1) is 17.3 Å². The fourth-order valence-electron chi connectivity index (χ4n) is 3.10. The Hall–Kier alpha value is -2.69. The third-order valence-electron chi connectivity index (χ3n) is 5.24. The topological polar surface area (TPSA) is 63.9 Å². The fraction of sp³-hybridized carbons (Fsp3) is 0.316. The molecule has 0 radical (unpaired) electrons. The van der Waals surface area contributed by atoms with Gasteiger partial charge in [-0.2, -0.15) is 0 Å². The van der Waals surface area contributed by atoms with Crippen LogP contribution in [0.2, 0.25) is 0 Å². The van der Waals surface area contributed by atoms with Crippen LogP contribution in [0.4, 0.5) is 0 Å². The van der Waals surface area contributed by atoms with Crippen molar-refractivity contribution in [2.24, 2.45) is 4.99 Å². The molecule has 120 valence electrons. The third kappa shape index (κ3) is 2.04. The molecule has 0 unspecified atom stereocenters. The molecule has 3 heterocycles. The summed E-state index contributed by atoms with van der Waals surface area (Å²) in [6.07, 6.45) is 3.38. The van der Waals surface area contributed by atoms with E-state index in [0.717, 1.165) is 16.8 Å².